The van der Waals surface area contributed by atoms with E-state index < -0.39 is 24.0 Å². The number of nitrogens with one attached hydrogen (secondary N) is 1. The first-order valence-corrected chi connectivity index (χ1v) is 7.60. The third-order valence-corrected chi connectivity index (χ3v) is 3.91. The van der Waals surface area contributed by atoms with Gasteiger partial charge in [-0.2, -0.15) is 0 Å². The number of carbonyl (C=O) groups excluding carboxylic acids is 3. The number of carbonyl (C=O) groups is 3. The van der Waals surface area contributed by atoms with E-state index >= 15 is 0 Å². The Morgan fingerprint density at radius 3 is 2.56 bits per heavy atom. The smallest absolute Gasteiger partial charge is 0.375 e. The number of aryl methyl sites for hydroxylation is 1. The van der Waals surface area contributed by atoms with Gasteiger partial charge in [-0.15, -0.1) is 0 Å². The second-order valence-electron chi connectivity index (χ2n) is 5.62. The van der Waals surface area contributed by atoms with Crippen molar-refractivity contribution in [3.05, 3.63) is 47.7 Å². The summed E-state index contributed by atoms with van der Waals surface area (Å²) in [6.45, 7) is 3.08. The Labute approximate surface area is 142 Å². The molecule has 0 aliphatic heterocycles. The summed E-state index contributed by atoms with van der Waals surface area (Å²) in [6, 6.07) is 10.4. The van der Waals surface area contributed by atoms with Crippen molar-refractivity contribution < 1.29 is 23.5 Å². The van der Waals surface area contributed by atoms with Gasteiger partial charge in [0, 0.05) is 16.3 Å². The molecule has 0 radical (unpaired) electrons. The van der Waals surface area contributed by atoms with E-state index in [4.69, 9.17) is 14.9 Å². The van der Waals surface area contributed by atoms with Crippen molar-refractivity contribution in [2.45, 2.75) is 20.0 Å². The van der Waals surface area contributed by atoms with Crippen LogP contribution in [-0.4, -0.2) is 24.0 Å². The minimum Gasteiger partial charge on any atom is -0.448 e. The van der Waals surface area contributed by atoms with Crippen LogP contribution in [0.2, 0.25) is 0 Å². The summed E-state index contributed by atoms with van der Waals surface area (Å²) in [5, 5.41) is 4.51. The van der Waals surface area contributed by atoms with E-state index in [0.29, 0.717) is 11.1 Å². The van der Waals surface area contributed by atoms with E-state index in [1.54, 1.807) is 6.92 Å². The van der Waals surface area contributed by atoms with Crippen LogP contribution < -0.4 is 11.1 Å². The second-order valence-corrected chi connectivity index (χ2v) is 5.62. The van der Waals surface area contributed by atoms with E-state index in [2.05, 4.69) is 0 Å². The van der Waals surface area contributed by atoms with Crippen molar-refractivity contribution in [2.24, 2.45) is 5.73 Å². The number of ether oxygens (including phenoxy) is 1. The largest absolute Gasteiger partial charge is 0.448 e. The molecule has 25 heavy (non-hydrogen) atoms. The Kier molecular flexibility index (Phi) is 4.14. The van der Waals surface area contributed by atoms with Gasteiger partial charge < -0.3 is 14.9 Å². The number of urea groups is 1. The Bertz CT molecular complexity index is 1010. The zero-order chi connectivity index (χ0) is 18.1. The standard InChI is InChI=1S/C18H16N2O5/c1-9-12-8-7-11-5-3-4-6-13(11)15(12)25-14(9)17(22)24-10(2)16(21)20-18(19)23/h3-8,10H,1-2H3,(H3,19,20,21,23). The van der Waals surface area contributed by atoms with E-state index in [1.807, 2.05) is 41.7 Å². The number of benzene rings is 2. The number of primary amides is 1. The second kappa shape index (κ2) is 6.27. The number of fused-ring (bicyclic) bond motifs is 3. The first kappa shape index (κ1) is 16.5. The molecule has 0 bridgehead atoms. The average molecular weight is 340 g/mol. The van der Waals surface area contributed by atoms with Crippen LogP contribution >= 0.6 is 0 Å². The van der Waals surface area contributed by atoms with Crippen LogP contribution in [0.5, 0.6) is 0 Å². The summed E-state index contributed by atoms with van der Waals surface area (Å²) in [6.07, 6.45) is -1.19. The molecule has 0 spiro atoms. The minimum absolute atomic E-state index is 0.0186. The van der Waals surface area contributed by atoms with Crippen molar-refractivity contribution in [3.63, 3.8) is 0 Å². The molecule has 0 aliphatic rings. The first-order chi connectivity index (χ1) is 11.9. The quantitative estimate of drug-likeness (QED) is 0.712. The summed E-state index contributed by atoms with van der Waals surface area (Å²) < 4.78 is 10.8. The fourth-order valence-corrected chi connectivity index (χ4v) is 2.63. The molecule has 3 aromatic rings. The summed E-state index contributed by atoms with van der Waals surface area (Å²) >= 11 is 0. The number of rotatable bonds is 3. The molecular weight excluding hydrogens is 324 g/mol. The number of hydrogen-bond acceptors (Lipinski definition) is 5. The number of hydrogen-bond donors (Lipinski definition) is 2. The van der Waals surface area contributed by atoms with Crippen molar-refractivity contribution in [2.75, 3.05) is 0 Å². The van der Waals surface area contributed by atoms with Gasteiger partial charge in [0.1, 0.15) is 5.58 Å². The predicted octanol–water partition coefficient (Wildman–Crippen LogP) is 2.63. The Morgan fingerprint density at radius 1 is 1.12 bits per heavy atom. The summed E-state index contributed by atoms with van der Waals surface area (Å²) in [5.41, 5.74) is 6.07. The van der Waals surface area contributed by atoms with Gasteiger partial charge in [-0.3, -0.25) is 10.1 Å². The van der Waals surface area contributed by atoms with Crippen LogP contribution in [0.4, 0.5) is 4.79 Å². The van der Waals surface area contributed by atoms with Crippen molar-refractivity contribution in [1.82, 2.24) is 5.32 Å². The summed E-state index contributed by atoms with van der Waals surface area (Å²) in [4.78, 5) is 34.7. The molecule has 3 N–H and O–H groups in total. The van der Waals surface area contributed by atoms with Crippen LogP contribution in [0.15, 0.2) is 40.8 Å². The zero-order valence-electron chi connectivity index (χ0n) is 13.7. The molecule has 3 amide bonds. The van der Waals surface area contributed by atoms with Gasteiger partial charge in [-0.1, -0.05) is 36.4 Å². The molecule has 0 saturated heterocycles. The number of amides is 3. The van der Waals surface area contributed by atoms with E-state index in [-0.39, 0.29) is 5.76 Å². The van der Waals surface area contributed by atoms with Gasteiger partial charge >= 0.3 is 12.0 Å². The molecule has 0 saturated carbocycles. The van der Waals surface area contributed by atoms with Crippen LogP contribution in [0.25, 0.3) is 21.7 Å². The molecular formula is C18H16N2O5. The molecule has 3 rings (SSSR count). The lowest BCUT2D eigenvalue weighted by molar-refractivity contribution is -0.127. The summed E-state index contributed by atoms with van der Waals surface area (Å²) in [5.74, 6) is -1.57. The SMILES string of the molecule is Cc1c(C(=O)OC(C)C(=O)NC(N)=O)oc2c1ccc1ccccc12. The Balaban J connectivity index is 1.94. The zero-order valence-corrected chi connectivity index (χ0v) is 13.7. The lowest BCUT2D eigenvalue weighted by atomic mass is 10.1. The highest BCUT2D eigenvalue weighted by atomic mass is 16.6. The average Bonchev–Trinajstić information content (AvgIpc) is 2.91. The maximum Gasteiger partial charge on any atom is 0.375 e. The highest BCUT2D eigenvalue weighted by Crippen LogP contribution is 2.32. The molecule has 1 aromatic heterocycles. The minimum atomic E-state index is -1.19. The fourth-order valence-electron chi connectivity index (χ4n) is 2.63. The lowest BCUT2D eigenvalue weighted by Crippen LogP contribution is -2.42. The normalized spacial score (nSPS) is 12.1. The maximum absolute atomic E-state index is 12.4. The highest BCUT2D eigenvalue weighted by Gasteiger charge is 2.25. The molecule has 1 unspecified atom stereocenters. The van der Waals surface area contributed by atoms with E-state index in [1.165, 1.54) is 6.92 Å². The van der Waals surface area contributed by atoms with Crippen molar-refractivity contribution in [3.8, 4) is 0 Å². The van der Waals surface area contributed by atoms with E-state index in [9.17, 15) is 14.4 Å². The summed E-state index contributed by atoms with van der Waals surface area (Å²) in [7, 11) is 0. The molecule has 0 aliphatic carbocycles. The monoisotopic (exact) mass is 340 g/mol. The third-order valence-electron chi connectivity index (χ3n) is 3.91. The number of furan rings is 1. The van der Waals surface area contributed by atoms with Crippen molar-refractivity contribution in [1.29, 1.82) is 0 Å². The van der Waals surface area contributed by atoms with Gasteiger partial charge in [0.15, 0.2) is 6.10 Å². The van der Waals surface area contributed by atoms with Gasteiger partial charge in [0.05, 0.1) is 0 Å². The van der Waals surface area contributed by atoms with Gasteiger partial charge in [0.25, 0.3) is 5.91 Å². The lowest BCUT2D eigenvalue weighted by Gasteiger charge is -2.11. The molecule has 2 aromatic carbocycles. The molecule has 1 atom stereocenters. The Hall–Kier alpha value is -3.35. The molecule has 128 valence electrons. The third kappa shape index (κ3) is 3.03. The molecule has 7 heteroatoms. The van der Waals surface area contributed by atoms with Crippen LogP contribution in [0, 0.1) is 6.92 Å². The van der Waals surface area contributed by atoms with Crippen LogP contribution in [0.1, 0.15) is 23.0 Å². The van der Waals surface area contributed by atoms with E-state index in [0.717, 1.165) is 16.2 Å². The molecule has 7 nitrogen and oxygen atoms in total. The topological polar surface area (TPSA) is 112 Å². The maximum atomic E-state index is 12.4. The van der Waals surface area contributed by atoms with Gasteiger partial charge in [-0.25, -0.2) is 9.59 Å². The Morgan fingerprint density at radius 2 is 1.84 bits per heavy atom. The van der Waals surface area contributed by atoms with Gasteiger partial charge in [0.2, 0.25) is 5.76 Å². The number of esters is 1. The fraction of sp³-hybridized carbons (Fsp3) is 0.167. The van der Waals surface area contributed by atoms with Crippen LogP contribution in [0.3, 0.4) is 0 Å². The first-order valence-electron chi connectivity index (χ1n) is 7.60. The number of imide groups is 1. The van der Waals surface area contributed by atoms with Crippen molar-refractivity contribution >= 4 is 39.6 Å². The number of nitrogens with two attached hydrogens (primary N) is 1. The molecule has 0 fully saturated rings. The van der Waals surface area contributed by atoms with Crippen LogP contribution in [-0.2, 0) is 9.53 Å². The predicted molar refractivity (Wildman–Crippen MR) is 91.1 cm³/mol. The van der Waals surface area contributed by atoms with Gasteiger partial charge in [-0.05, 0) is 19.2 Å². The highest BCUT2D eigenvalue weighted by molar-refractivity contribution is 6.08. The molecule has 1 heterocycles.